The van der Waals surface area contributed by atoms with Crippen molar-refractivity contribution in [2.45, 2.75) is 6.18 Å². The number of nitro groups is 1. The normalized spacial score (nSPS) is 11.3. The van der Waals surface area contributed by atoms with Gasteiger partial charge in [-0.25, -0.2) is 4.98 Å². The molecule has 0 bridgehead atoms. The molecule has 0 aliphatic heterocycles. The van der Waals surface area contributed by atoms with Gasteiger partial charge in [0, 0.05) is 47.4 Å². The van der Waals surface area contributed by atoms with Crippen LogP contribution in [0.25, 0.3) is 0 Å². The molecule has 2 aromatic carbocycles. The number of hydrogen-bond acceptors (Lipinski definition) is 6. The highest BCUT2D eigenvalue weighted by molar-refractivity contribution is 14.1. The van der Waals surface area contributed by atoms with Crippen molar-refractivity contribution in [3.8, 4) is 0 Å². The number of nitrogens with zero attached hydrogens (tertiary/aromatic N) is 5. The molecule has 0 N–H and O–H groups in total. The van der Waals surface area contributed by atoms with Crippen molar-refractivity contribution >= 4 is 51.4 Å². The maximum atomic E-state index is 13.6. The quantitative estimate of drug-likeness (QED) is 0.246. The highest BCUT2D eigenvalue weighted by Crippen LogP contribution is 2.38. The predicted octanol–water partition coefficient (Wildman–Crippen LogP) is 5.54. The summed E-state index contributed by atoms with van der Waals surface area (Å²) in [4.78, 5) is 21.1. The molecule has 11 heteroatoms. The first-order valence-electron chi connectivity index (χ1n) is 8.49. The fourth-order valence-corrected chi connectivity index (χ4v) is 3.04. The third-order valence-electron chi connectivity index (χ3n) is 4.34. The minimum atomic E-state index is -4.68. The monoisotopic (exact) mass is 529 g/mol. The molecule has 0 radical (unpaired) electrons. The Morgan fingerprint density at radius 1 is 0.967 bits per heavy atom. The van der Waals surface area contributed by atoms with Crippen LogP contribution in [0.4, 0.5) is 42.0 Å². The largest absolute Gasteiger partial charge is 0.421 e. The summed E-state index contributed by atoms with van der Waals surface area (Å²) in [6.45, 7) is 0. The van der Waals surface area contributed by atoms with Crippen molar-refractivity contribution in [3.63, 3.8) is 0 Å². The van der Waals surface area contributed by atoms with E-state index in [9.17, 15) is 23.3 Å². The zero-order valence-corrected chi connectivity index (χ0v) is 17.9. The van der Waals surface area contributed by atoms with Crippen LogP contribution in [0.1, 0.15) is 5.56 Å². The van der Waals surface area contributed by atoms with Gasteiger partial charge in [0.1, 0.15) is 5.56 Å². The molecule has 0 spiro atoms. The molecule has 0 unspecified atom stereocenters. The van der Waals surface area contributed by atoms with Crippen molar-refractivity contribution in [1.29, 1.82) is 0 Å². The van der Waals surface area contributed by atoms with Crippen molar-refractivity contribution < 1.29 is 18.1 Å². The van der Waals surface area contributed by atoms with Gasteiger partial charge in [-0.05, 0) is 59.0 Å². The van der Waals surface area contributed by atoms with Gasteiger partial charge in [0.15, 0.2) is 5.82 Å². The average Bonchev–Trinajstić information content (AvgIpc) is 2.72. The van der Waals surface area contributed by atoms with Crippen molar-refractivity contribution in [1.82, 2.24) is 9.97 Å². The predicted molar refractivity (Wildman–Crippen MR) is 115 cm³/mol. The summed E-state index contributed by atoms with van der Waals surface area (Å²) in [5.41, 5.74) is -0.153. The number of anilines is 4. The Hall–Kier alpha value is -2.96. The van der Waals surface area contributed by atoms with Gasteiger partial charge in [0.05, 0.1) is 4.92 Å². The summed E-state index contributed by atoms with van der Waals surface area (Å²) in [5, 5.41) is 10.8. The minimum absolute atomic E-state index is 0.0768. The maximum Gasteiger partial charge on any atom is 0.421 e. The third-order valence-corrected chi connectivity index (χ3v) is 5.06. The number of non-ortho nitro benzene ring substituents is 1. The number of rotatable bonds is 5. The van der Waals surface area contributed by atoms with E-state index in [1.54, 1.807) is 11.9 Å². The molecule has 1 heterocycles. The molecule has 0 atom stereocenters. The Labute approximate surface area is 183 Å². The van der Waals surface area contributed by atoms with Gasteiger partial charge < -0.3 is 9.80 Å². The van der Waals surface area contributed by atoms with Crippen LogP contribution in [0.2, 0.25) is 0 Å². The van der Waals surface area contributed by atoms with E-state index < -0.39 is 16.7 Å². The molecule has 0 fully saturated rings. The number of benzene rings is 2. The molecular formula is C19H15F3IN5O2. The molecule has 3 aromatic rings. The second-order valence-electron chi connectivity index (χ2n) is 6.27. The van der Waals surface area contributed by atoms with E-state index in [4.69, 9.17) is 0 Å². The first kappa shape index (κ1) is 21.7. The van der Waals surface area contributed by atoms with Crippen molar-refractivity contribution in [2.75, 3.05) is 23.9 Å². The number of nitro benzene ring substituents is 1. The summed E-state index contributed by atoms with van der Waals surface area (Å²) >= 11 is 2.15. The lowest BCUT2D eigenvalue weighted by Gasteiger charge is -2.25. The van der Waals surface area contributed by atoms with Crippen LogP contribution >= 0.6 is 22.6 Å². The average molecular weight is 529 g/mol. The summed E-state index contributed by atoms with van der Waals surface area (Å²) in [6, 6.07) is 12.5. The van der Waals surface area contributed by atoms with Crippen LogP contribution in [-0.4, -0.2) is 29.0 Å². The molecule has 7 nitrogen and oxygen atoms in total. The Kier molecular flexibility index (Phi) is 6.10. The first-order valence-corrected chi connectivity index (χ1v) is 9.57. The van der Waals surface area contributed by atoms with E-state index in [0.29, 0.717) is 11.4 Å². The Morgan fingerprint density at radius 2 is 1.50 bits per heavy atom. The molecule has 0 saturated carbocycles. The number of aromatic nitrogens is 2. The van der Waals surface area contributed by atoms with Gasteiger partial charge in [0.25, 0.3) is 5.69 Å². The van der Waals surface area contributed by atoms with Crippen molar-refractivity contribution in [3.05, 3.63) is 74.0 Å². The molecule has 30 heavy (non-hydrogen) atoms. The Balaban J connectivity index is 2.05. The third kappa shape index (κ3) is 4.61. The Bertz CT molecular complexity index is 1060. The molecule has 156 valence electrons. The fraction of sp³-hybridized carbons (Fsp3) is 0.158. The molecule has 0 saturated heterocycles. The topological polar surface area (TPSA) is 75.4 Å². The number of hydrogen-bond donors (Lipinski definition) is 0. The number of halogens is 4. The standard InChI is InChI=1S/C19H15F3IN5O2/c1-26(13-7-9-15(10-8-13)28(29)30)17-16(19(20,21)22)11-24-18(25-17)27(2)14-5-3-12(23)4-6-14/h3-11H,1-2H3. The fourth-order valence-electron chi connectivity index (χ4n) is 2.68. The summed E-state index contributed by atoms with van der Waals surface area (Å²) in [7, 11) is 3.06. The minimum Gasteiger partial charge on any atom is -0.329 e. The smallest absolute Gasteiger partial charge is 0.329 e. The summed E-state index contributed by atoms with van der Waals surface area (Å²) in [6.07, 6.45) is -3.94. The molecule has 1 aromatic heterocycles. The molecule has 3 rings (SSSR count). The van der Waals surface area contributed by atoms with Crippen LogP contribution in [0, 0.1) is 13.7 Å². The lowest BCUT2D eigenvalue weighted by molar-refractivity contribution is -0.384. The molecule has 0 amide bonds. The first-order chi connectivity index (χ1) is 14.1. The zero-order chi connectivity index (χ0) is 22.1. The van der Waals surface area contributed by atoms with E-state index in [1.165, 1.54) is 36.2 Å². The maximum absolute atomic E-state index is 13.6. The van der Waals surface area contributed by atoms with E-state index in [0.717, 1.165) is 9.77 Å². The lowest BCUT2D eigenvalue weighted by Crippen LogP contribution is -2.21. The van der Waals surface area contributed by atoms with Crippen LogP contribution < -0.4 is 9.80 Å². The van der Waals surface area contributed by atoms with E-state index in [2.05, 4.69) is 32.6 Å². The van der Waals surface area contributed by atoms with Gasteiger partial charge >= 0.3 is 6.18 Å². The van der Waals surface area contributed by atoms with Gasteiger partial charge in [-0.2, -0.15) is 18.2 Å². The van der Waals surface area contributed by atoms with Crippen LogP contribution in [0.15, 0.2) is 54.7 Å². The van der Waals surface area contributed by atoms with Gasteiger partial charge in [-0.15, -0.1) is 0 Å². The molecule has 0 aliphatic carbocycles. The van der Waals surface area contributed by atoms with E-state index >= 15 is 0 Å². The second-order valence-corrected chi connectivity index (χ2v) is 7.52. The van der Waals surface area contributed by atoms with Crippen LogP contribution in [0.3, 0.4) is 0 Å². The van der Waals surface area contributed by atoms with Crippen molar-refractivity contribution in [2.24, 2.45) is 0 Å². The summed E-state index contributed by atoms with van der Waals surface area (Å²) in [5.74, 6) is -0.285. The number of alkyl halides is 3. The highest BCUT2D eigenvalue weighted by Gasteiger charge is 2.37. The molecular weight excluding hydrogens is 514 g/mol. The van der Waals surface area contributed by atoms with E-state index in [-0.39, 0.29) is 17.5 Å². The van der Waals surface area contributed by atoms with Gasteiger partial charge in [-0.3, -0.25) is 10.1 Å². The molecule has 0 aliphatic rings. The zero-order valence-electron chi connectivity index (χ0n) is 15.8. The van der Waals surface area contributed by atoms with E-state index in [1.807, 2.05) is 24.3 Å². The highest BCUT2D eigenvalue weighted by atomic mass is 127. The summed E-state index contributed by atoms with van der Waals surface area (Å²) < 4.78 is 41.8. The van der Waals surface area contributed by atoms with Crippen LogP contribution in [0.5, 0.6) is 0 Å². The van der Waals surface area contributed by atoms with Crippen LogP contribution in [-0.2, 0) is 6.18 Å². The second kappa shape index (κ2) is 8.42. The van der Waals surface area contributed by atoms with Gasteiger partial charge in [0.2, 0.25) is 5.95 Å². The lowest BCUT2D eigenvalue weighted by atomic mass is 10.2. The Morgan fingerprint density at radius 3 is 2.03 bits per heavy atom. The van der Waals surface area contributed by atoms with Gasteiger partial charge in [-0.1, -0.05) is 0 Å². The SMILES string of the molecule is CN(c1ccc(I)cc1)c1ncc(C(F)(F)F)c(N(C)c2ccc([N+](=O)[O-])cc2)n1.